The number of nitrogens with one attached hydrogen (secondary N) is 1. The minimum absolute atomic E-state index is 0.00685. The number of anilines is 1. The number of aromatic amines is 1. The summed E-state index contributed by atoms with van der Waals surface area (Å²) in [4.78, 5) is 26.6. The lowest BCUT2D eigenvalue weighted by Crippen LogP contribution is -2.55. The Hall–Kier alpha value is -2.33. The van der Waals surface area contributed by atoms with Gasteiger partial charge in [0, 0.05) is 25.4 Å². The van der Waals surface area contributed by atoms with E-state index in [-0.39, 0.29) is 34.5 Å². The van der Waals surface area contributed by atoms with Crippen molar-refractivity contribution in [1.82, 2.24) is 19.9 Å². The van der Waals surface area contributed by atoms with Gasteiger partial charge in [-0.15, -0.1) is 0 Å². The van der Waals surface area contributed by atoms with Crippen molar-refractivity contribution < 1.29 is 13.6 Å². The first-order valence-corrected chi connectivity index (χ1v) is 9.02. The molecule has 7 nitrogen and oxygen atoms in total. The standard InChI is InChI=1S/C15H15F2N6OP/c16-14(17)3-6-23(11(24)1-4-18)15(14)7-22(9-25-15)13-10-2-5-19-12(10)20-8-21-13/h2,5,8,25H,1,3,6-7,9H2,(H,19,20,21). The molecule has 2 aliphatic rings. The van der Waals surface area contributed by atoms with E-state index >= 15 is 0 Å². The number of nitrogens with zero attached hydrogens (tertiary/aromatic N) is 5. The Morgan fingerprint density at radius 3 is 3.12 bits per heavy atom. The maximum Gasteiger partial charge on any atom is 0.278 e. The van der Waals surface area contributed by atoms with Crippen LogP contribution in [0.2, 0.25) is 0 Å². The van der Waals surface area contributed by atoms with Gasteiger partial charge >= 0.3 is 0 Å². The van der Waals surface area contributed by atoms with Gasteiger partial charge in [-0.2, -0.15) is 5.26 Å². The average molecular weight is 364 g/mol. The van der Waals surface area contributed by atoms with E-state index in [0.717, 1.165) is 5.39 Å². The summed E-state index contributed by atoms with van der Waals surface area (Å²) in [5.74, 6) is -2.91. The Morgan fingerprint density at radius 1 is 1.48 bits per heavy atom. The van der Waals surface area contributed by atoms with Crippen molar-refractivity contribution in [2.75, 3.05) is 24.3 Å². The lowest BCUT2D eigenvalue weighted by Gasteiger charge is -2.38. The highest BCUT2D eigenvalue weighted by atomic mass is 31.1. The van der Waals surface area contributed by atoms with E-state index in [2.05, 4.69) is 15.0 Å². The summed E-state index contributed by atoms with van der Waals surface area (Å²) in [7, 11) is -0.151. The van der Waals surface area contributed by atoms with Crippen LogP contribution in [0.3, 0.4) is 0 Å². The normalized spacial score (nSPS) is 26.0. The molecule has 0 bridgehead atoms. The van der Waals surface area contributed by atoms with E-state index in [1.54, 1.807) is 17.2 Å². The summed E-state index contributed by atoms with van der Waals surface area (Å²) in [5.41, 5.74) is 0.643. The summed E-state index contributed by atoms with van der Waals surface area (Å²) in [6.07, 6.45) is 2.77. The summed E-state index contributed by atoms with van der Waals surface area (Å²) >= 11 is 0. The number of hydrogen-bond donors (Lipinski definition) is 1. The number of amides is 1. The number of fused-ring (bicyclic) bond motifs is 1. The Labute approximate surface area is 143 Å². The quantitative estimate of drug-likeness (QED) is 0.822. The van der Waals surface area contributed by atoms with Crippen LogP contribution < -0.4 is 4.90 Å². The lowest BCUT2D eigenvalue weighted by atomic mass is 10.1. The van der Waals surface area contributed by atoms with Crippen LogP contribution in [-0.2, 0) is 4.79 Å². The summed E-state index contributed by atoms with van der Waals surface area (Å²) < 4.78 is 29.5. The molecule has 2 aromatic rings. The molecule has 2 saturated heterocycles. The fraction of sp³-hybridized carbons (Fsp3) is 0.467. The van der Waals surface area contributed by atoms with E-state index in [1.807, 2.05) is 6.07 Å². The van der Waals surface area contributed by atoms with Crippen molar-refractivity contribution >= 4 is 31.3 Å². The van der Waals surface area contributed by atoms with Gasteiger partial charge in [0.1, 0.15) is 29.5 Å². The van der Waals surface area contributed by atoms with Crippen molar-refractivity contribution in [1.29, 1.82) is 5.26 Å². The average Bonchev–Trinajstić information content (AvgIpc) is 3.27. The molecule has 4 heterocycles. The van der Waals surface area contributed by atoms with Gasteiger partial charge in [0.2, 0.25) is 5.91 Å². The van der Waals surface area contributed by atoms with E-state index in [4.69, 9.17) is 5.26 Å². The van der Waals surface area contributed by atoms with E-state index < -0.39 is 17.1 Å². The second-order valence-corrected chi connectivity index (χ2v) is 7.66. The molecule has 2 atom stereocenters. The smallest absolute Gasteiger partial charge is 0.278 e. The predicted molar refractivity (Wildman–Crippen MR) is 88.7 cm³/mol. The maximum atomic E-state index is 14.8. The molecule has 1 spiro atoms. The molecular weight excluding hydrogens is 349 g/mol. The fourth-order valence-corrected chi connectivity index (χ4v) is 5.48. The van der Waals surface area contributed by atoms with E-state index in [1.165, 1.54) is 11.2 Å². The molecule has 1 amide bonds. The first kappa shape index (κ1) is 16.2. The number of rotatable bonds is 2. The Balaban J connectivity index is 1.70. The third-order valence-corrected chi connectivity index (χ3v) is 6.78. The predicted octanol–water partition coefficient (Wildman–Crippen LogP) is 1.89. The maximum absolute atomic E-state index is 14.8. The molecule has 0 aliphatic carbocycles. The molecule has 130 valence electrons. The van der Waals surface area contributed by atoms with Gasteiger partial charge in [-0.3, -0.25) is 4.79 Å². The molecule has 0 radical (unpaired) electrons. The van der Waals surface area contributed by atoms with Crippen LogP contribution in [0.4, 0.5) is 14.6 Å². The van der Waals surface area contributed by atoms with Crippen molar-refractivity contribution in [2.45, 2.75) is 24.0 Å². The SMILES string of the molecule is N#CCC(=O)N1CCC(F)(F)C12CN(c1ncnc3[nH]ccc13)CP2. The number of halogens is 2. The molecular formula is C15H15F2N6OP. The van der Waals surface area contributed by atoms with Crippen molar-refractivity contribution in [3.63, 3.8) is 0 Å². The van der Waals surface area contributed by atoms with Crippen LogP contribution in [0.1, 0.15) is 12.8 Å². The zero-order chi connectivity index (χ0) is 17.7. The molecule has 4 rings (SSSR count). The molecule has 25 heavy (non-hydrogen) atoms. The van der Waals surface area contributed by atoms with Crippen LogP contribution in [0.25, 0.3) is 11.0 Å². The van der Waals surface area contributed by atoms with Crippen molar-refractivity contribution in [3.05, 3.63) is 18.6 Å². The molecule has 1 N–H and O–H groups in total. The summed E-state index contributed by atoms with van der Waals surface area (Å²) in [6, 6.07) is 3.58. The number of H-pyrrole nitrogens is 1. The number of carbonyl (C=O) groups excluding carboxylic acids is 1. The number of nitriles is 1. The van der Waals surface area contributed by atoms with Gasteiger partial charge in [0.05, 0.1) is 18.0 Å². The molecule has 2 aromatic heterocycles. The molecule has 2 unspecified atom stereocenters. The number of alkyl halides is 2. The van der Waals surface area contributed by atoms with Crippen molar-refractivity contribution in [2.24, 2.45) is 0 Å². The molecule has 0 aromatic carbocycles. The van der Waals surface area contributed by atoms with Crippen LogP contribution in [0.15, 0.2) is 18.6 Å². The largest absolute Gasteiger partial charge is 0.349 e. The molecule has 2 aliphatic heterocycles. The van der Waals surface area contributed by atoms with Crippen LogP contribution in [0.5, 0.6) is 0 Å². The van der Waals surface area contributed by atoms with E-state index in [0.29, 0.717) is 17.8 Å². The highest BCUT2D eigenvalue weighted by Gasteiger charge is 2.65. The van der Waals surface area contributed by atoms with Gasteiger partial charge in [-0.1, -0.05) is 8.58 Å². The summed E-state index contributed by atoms with van der Waals surface area (Å²) in [6.45, 7) is -0.00933. The fourth-order valence-electron chi connectivity index (χ4n) is 3.65. The minimum atomic E-state index is -2.98. The molecule has 0 saturated carbocycles. The zero-order valence-corrected chi connectivity index (χ0v) is 14.2. The molecule has 10 heteroatoms. The third-order valence-electron chi connectivity index (χ3n) is 4.86. The van der Waals surface area contributed by atoms with Crippen LogP contribution in [-0.4, -0.2) is 56.3 Å². The Morgan fingerprint density at radius 2 is 2.32 bits per heavy atom. The zero-order valence-electron chi connectivity index (χ0n) is 13.2. The Kier molecular flexibility index (Phi) is 3.62. The number of likely N-dealkylation sites (tertiary alicyclic amines) is 1. The van der Waals surface area contributed by atoms with Gasteiger partial charge in [0.15, 0.2) is 0 Å². The number of carbonyl (C=O) groups is 1. The van der Waals surface area contributed by atoms with Crippen molar-refractivity contribution in [3.8, 4) is 6.07 Å². The Bertz CT molecular complexity index is 880. The van der Waals surface area contributed by atoms with Crippen LogP contribution >= 0.6 is 8.58 Å². The van der Waals surface area contributed by atoms with Gasteiger partial charge in [-0.25, -0.2) is 18.7 Å². The minimum Gasteiger partial charge on any atom is -0.349 e. The molecule has 2 fully saturated rings. The topological polar surface area (TPSA) is 88.9 Å². The number of hydrogen-bond acceptors (Lipinski definition) is 5. The first-order valence-electron chi connectivity index (χ1n) is 7.82. The second kappa shape index (κ2) is 5.60. The summed E-state index contributed by atoms with van der Waals surface area (Å²) in [5, 5.41) is 7.99. The monoisotopic (exact) mass is 364 g/mol. The number of aromatic nitrogens is 3. The van der Waals surface area contributed by atoms with Gasteiger partial charge in [0.25, 0.3) is 5.92 Å². The van der Waals surface area contributed by atoms with Gasteiger partial charge < -0.3 is 14.8 Å². The van der Waals surface area contributed by atoms with Crippen LogP contribution in [0, 0.1) is 11.3 Å². The van der Waals surface area contributed by atoms with Gasteiger partial charge in [-0.05, 0) is 6.07 Å². The third kappa shape index (κ3) is 2.28. The van der Waals surface area contributed by atoms with E-state index in [9.17, 15) is 13.6 Å². The second-order valence-electron chi connectivity index (χ2n) is 6.17. The first-order chi connectivity index (χ1) is 12.0. The highest BCUT2D eigenvalue weighted by Crippen LogP contribution is 2.57. The lowest BCUT2D eigenvalue weighted by molar-refractivity contribution is -0.136. The highest BCUT2D eigenvalue weighted by molar-refractivity contribution is 7.40.